The summed E-state index contributed by atoms with van der Waals surface area (Å²) in [7, 11) is 2.06. The maximum atomic E-state index is 15.1. The van der Waals surface area contributed by atoms with Gasteiger partial charge in [-0.15, -0.1) is 0 Å². The fourth-order valence-electron chi connectivity index (χ4n) is 6.16. The molecule has 9 atom stereocenters. The number of hydrogen-bond donors (Lipinski definition) is 3. The van der Waals surface area contributed by atoms with Crippen LogP contribution in [0.15, 0.2) is 0 Å². The van der Waals surface area contributed by atoms with Crippen LogP contribution in [0.4, 0.5) is 4.39 Å². The molecule has 0 aromatic carbocycles. The number of hydrogen-bond acceptors (Lipinski definition) is 5. The maximum Gasteiger partial charge on any atom is 0.248 e. The van der Waals surface area contributed by atoms with E-state index in [0.717, 1.165) is 25.8 Å². The zero-order valence-electron chi connectivity index (χ0n) is 15.4. The van der Waals surface area contributed by atoms with Crippen LogP contribution < -0.4 is 10.7 Å². The molecule has 6 nitrogen and oxygen atoms in total. The molecule has 0 aromatic rings. The van der Waals surface area contributed by atoms with Gasteiger partial charge in [-0.1, -0.05) is 15.9 Å². The first-order valence-electron chi connectivity index (χ1n) is 9.84. The number of aliphatic hydroxyl groups excluding tert-OH is 1. The molecule has 3 N–H and O–H groups in total. The largest absolute Gasteiger partial charge is 0.387 e. The number of piperidine rings is 1. The molecule has 0 radical (unpaired) electrons. The average Bonchev–Trinajstić information content (AvgIpc) is 3.22. The summed E-state index contributed by atoms with van der Waals surface area (Å²) in [6, 6.07) is 0.473. The molecule has 8 unspecified atom stereocenters. The molecule has 3 saturated heterocycles. The number of carbonyl (C=O) groups excluding carboxylic acids is 1. The van der Waals surface area contributed by atoms with E-state index in [4.69, 9.17) is 0 Å². The van der Waals surface area contributed by atoms with E-state index in [-0.39, 0.29) is 40.7 Å². The fraction of sp³-hybridized carbons (Fsp3) is 0.944. The van der Waals surface area contributed by atoms with Crippen molar-refractivity contribution in [1.29, 1.82) is 0 Å². The Balaban J connectivity index is 1.63. The number of hydrazine groups is 1. The monoisotopic (exact) mass is 432 g/mol. The highest BCUT2D eigenvalue weighted by molar-refractivity contribution is 9.09. The van der Waals surface area contributed by atoms with Crippen molar-refractivity contribution >= 4 is 21.8 Å². The summed E-state index contributed by atoms with van der Waals surface area (Å²) < 4.78 is 15.1. The van der Waals surface area contributed by atoms with Gasteiger partial charge in [0.05, 0.1) is 0 Å². The Kier molecular flexibility index (Phi) is 5.33. The van der Waals surface area contributed by atoms with Crippen molar-refractivity contribution in [2.45, 2.75) is 61.4 Å². The Bertz CT molecular complexity index is 555. The fourth-order valence-corrected chi connectivity index (χ4v) is 6.92. The number of alkyl halides is 2. The van der Waals surface area contributed by atoms with Gasteiger partial charge in [0.15, 0.2) is 0 Å². The highest BCUT2D eigenvalue weighted by Gasteiger charge is 2.59. The molecule has 26 heavy (non-hydrogen) atoms. The second-order valence-electron chi connectivity index (χ2n) is 8.53. The van der Waals surface area contributed by atoms with Crippen molar-refractivity contribution in [3.05, 3.63) is 0 Å². The number of rotatable bonds is 2. The van der Waals surface area contributed by atoms with Crippen molar-refractivity contribution in [2.75, 3.05) is 26.7 Å². The van der Waals surface area contributed by atoms with Gasteiger partial charge in [-0.3, -0.25) is 10.2 Å². The molecule has 3 aliphatic heterocycles. The van der Waals surface area contributed by atoms with Gasteiger partial charge in [-0.05, 0) is 43.9 Å². The maximum absolute atomic E-state index is 15.1. The smallest absolute Gasteiger partial charge is 0.248 e. The van der Waals surface area contributed by atoms with Crippen LogP contribution in [-0.4, -0.2) is 82.8 Å². The van der Waals surface area contributed by atoms with Gasteiger partial charge >= 0.3 is 0 Å². The lowest BCUT2D eigenvalue weighted by Gasteiger charge is -2.48. The number of amides is 1. The third-order valence-corrected chi connectivity index (χ3v) is 8.15. The summed E-state index contributed by atoms with van der Waals surface area (Å²) in [4.78, 5) is 13.9. The number of halogens is 2. The summed E-state index contributed by atoms with van der Waals surface area (Å²) in [6.07, 6.45) is 1.82. The minimum atomic E-state index is -0.907. The van der Waals surface area contributed by atoms with E-state index in [9.17, 15) is 9.90 Å². The summed E-state index contributed by atoms with van der Waals surface area (Å²) in [5, 5.41) is 15.1. The molecule has 0 aromatic heterocycles. The predicted octanol–water partition coefficient (Wildman–Crippen LogP) is 0.503. The minimum absolute atomic E-state index is 0.0246. The number of fused-ring (bicyclic) bond motifs is 3. The quantitative estimate of drug-likeness (QED) is 0.554. The van der Waals surface area contributed by atoms with Crippen molar-refractivity contribution < 1.29 is 14.3 Å². The van der Waals surface area contributed by atoms with Crippen molar-refractivity contribution in [2.24, 2.45) is 17.8 Å². The lowest BCUT2D eigenvalue weighted by Crippen LogP contribution is -2.57. The molecule has 8 heteroatoms. The van der Waals surface area contributed by atoms with Crippen LogP contribution in [0.25, 0.3) is 0 Å². The van der Waals surface area contributed by atoms with Crippen LogP contribution in [0.1, 0.15) is 26.2 Å². The molecule has 4 rings (SSSR count). The van der Waals surface area contributed by atoms with Gasteiger partial charge in [0.1, 0.15) is 12.8 Å². The zero-order chi connectivity index (χ0) is 18.6. The zero-order valence-corrected chi connectivity index (χ0v) is 17.0. The van der Waals surface area contributed by atoms with E-state index >= 15 is 4.39 Å². The molecule has 4 fully saturated rings. The third-order valence-electron chi connectivity index (χ3n) is 7.27. The lowest BCUT2D eigenvalue weighted by atomic mass is 9.64. The van der Waals surface area contributed by atoms with Crippen LogP contribution in [-0.2, 0) is 4.79 Å². The molecule has 0 spiro atoms. The van der Waals surface area contributed by atoms with Gasteiger partial charge in [0.2, 0.25) is 5.91 Å². The lowest BCUT2D eigenvalue weighted by molar-refractivity contribution is -0.140. The van der Waals surface area contributed by atoms with Crippen LogP contribution in [0.5, 0.6) is 0 Å². The number of carbonyl (C=O) groups is 1. The molecule has 1 amide bonds. The van der Waals surface area contributed by atoms with Crippen LogP contribution in [0.2, 0.25) is 0 Å². The van der Waals surface area contributed by atoms with E-state index in [1.54, 1.807) is 0 Å². The van der Waals surface area contributed by atoms with Crippen LogP contribution in [0, 0.1) is 17.8 Å². The molecule has 4 aliphatic rings. The number of nitrogens with one attached hydrogen (secondary N) is 2. The Morgan fingerprint density at radius 2 is 2.00 bits per heavy atom. The summed E-state index contributed by atoms with van der Waals surface area (Å²) in [5.74, 6) is 0.605. The second-order valence-corrected chi connectivity index (χ2v) is 9.71. The molecular formula is C18H30BrFN4O2. The van der Waals surface area contributed by atoms with Gasteiger partial charge in [-0.25, -0.2) is 9.40 Å². The third kappa shape index (κ3) is 3.02. The first kappa shape index (κ1) is 19.1. The topological polar surface area (TPSA) is 67.8 Å². The van der Waals surface area contributed by atoms with Crippen molar-refractivity contribution in [3.8, 4) is 0 Å². The van der Waals surface area contributed by atoms with E-state index in [2.05, 4.69) is 45.7 Å². The van der Waals surface area contributed by atoms with Crippen LogP contribution in [0.3, 0.4) is 0 Å². The normalized spacial score (nSPS) is 49.1. The summed E-state index contributed by atoms with van der Waals surface area (Å²) in [5.41, 5.74) is 3.57. The molecule has 3 heterocycles. The number of likely N-dealkylation sites (tertiary alicyclic amines) is 1. The number of nitrogens with zero attached hydrogens (tertiary/aromatic N) is 2. The summed E-state index contributed by atoms with van der Waals surface area (Å²) >= 11 is 3.60. The molecule has 1 aliphatic carbocycles. The Labute approximate surface area is 162 Å². The van der Waals surface area contributed by atoms with Gasteiger partial charge in [-0.2, -0.15) is 0 Å². The van der Waals surface area contributed by atoms with Gasteiger partial charge < -0.3 is 15.3 Å². The van der Waals surface area contributed by atoms with E-state index in [1.165, 1.54) is 0 Å². The standard InChI is InChI=1S/C18H30BrFN4O2/c1-9-15-13(4-6-24(9)14(26)8-25)21-18-16(15)10(7-11(19)17(18)20)12-3-5-23(2)22-12/h9-13,15-18,21-22,25H,3-8H2,1-2H3/t9-,10?,11?,12?,13?,15?,16?,17?,18?/m0/s1. The van der Waals surface area contributed by atoms with E-state index in [1.807, 2.05) is 4.90 Å². The van der Waals surface area contributed by atoms with E-state index < -0.39 is 12.8 Å². The Hall–Kier alpha value is -0.280. The average molecular weight is 433 g/mol. The van der Waals surface area contributed by atoms with Crippen molar-refractivity contribution in [1.82, 2.24) is 20.7 Å². The highest BCUT2D eigenvalue weighted by Crippen LogP contribution is 2.50. The molecule has 148 valence electrons. The van der Waals surface area contributed by atoms with Crippen molar-refractivity contribution in [3.63, 3.8) is 0 Å². The molecular weight excluding hydrogens is 403 g/mol. The van der Waals surface area contributed by atoms with E-state index in [0.29, 0.717) is 18.5 Å². The first-order chi connectivity index (χ1) is 12.4. The highest BCUT2D eigenvalue weighted by atomic mass is 79.9. The van der Waals surface area contributed by atoms with Gasteiger partial charge in [0.25, 0.3) is 0 Å². The first-order valence-corrected chi connectivity index (χ1v) is 10.8. The molecule has 0 bridgehead atoms. The number of aliphatic hydroxyl groups is 1. The predicted molar refractivity (Wildman–Crippen MR) is 100 cm³/mol. The summed E-state index contributed by atoms with van der Waals surface area (Å²) in [6.45, 7) is 3.28. The van der Waals surface area contributed by atoms with Gasteiger partial charge in [0, 0.05) is 49.1 Å². The second kappa shape index (κ2) is 7.28. The Morgan fingerprint density at radius 1 is 1.27 bits per heavy atom. The Morgan fingerprint density at radius 3 is 2.65 bits per heavy atom. The van der Waals surface area contributed by atoms with Crippen LogP contribution >= 0.6 is 15.9 Å². The minimum Gasteiger partial charge on any atom is -0.387 e. The SMILES string of the molecule is C[C@H]1C2C(CCN1C(=O)CO)NC1C(F)C(Br)CC(C3CCN(C)N3)C12. The molecule has 1 saturated carbocycles.